The third kappa shape index (κ3) is 8.88. The summed E-state index contributed by atoms with van der Waals surface area (Å²) in [6.45, 7) is 4.31. The van der Waals surface area contributed by atoms with Crippen LogP contribution in [0.3, 0.4) is 0 Å². The highest BCUT2D eigenvalue weighted by molar-refractivity contribution is 6.30. The zero-order chi connectivity index (χ0) is 31.9. The molecule has 0 radical (unpaired) electrons. The smallest absolute Gasteiger partial charge is 0.408 e. The Labute approximate surface area is 268 Å². The molecule has 2 aliphatic rings. The van der Waals surface area contributed by atoms with Crippen molar-refractivity contribution in [1.82, 2.24) is 16.0 Å². The van der Waals surface area contributed by atoms with Crippen molar-refractivity contribution < 1.29 is 29.0 Å². The second kappa shape index (κ2) is 15.1. The van der Waals surface area contributed by atoms with Crippen molar-refractivity contribution in [3.63, 3.8) is 0 Å². The average molecular weight is 647 g/mol. The number of aliphatic carboxylic acids is 1. The zero-order valence-electron chi connectivity index (χ0n) is 25.1. The van der Waals surface area contributed by atoms with Gasteiger partial charge in [-0.3, -0.25) is 14.4 Å². The van der Waals surface area contributed by atoms with Crippen LogP contribution in [0.4, 0.5) is 4.79 Å². The molecule has 1 saturated carbocycles. The normalized spacial score (nSPS) is 19.4. The summed E-state index contributed by atoms with van der Waals surface area (Å²) in [6, 6.07) is 12.5. The van der Waals surface area contributed by atoms with Gasteiger partial charge in [0.25, 0.3) is 0 Å². The summed E-state index contributed by atoms with van der Waals surface area (Å²) in [5.74, 6) is -2.40. The SMILES string of the molecule is CC(C)(c1cccc(Cl)c1)C(OC(=O)N[C@@H](CC1CCCCC1)C(=O)NC(CC(=O)O)[C@@H]1CCNC1=O)c1ccc(Cl)cc1. The van der Waals surface area contributed by atoms with E-state index in [2.05, 4.69) is 16.0 Å². The molecule has 3 amide bonds. The first-order valence-corrected chi connectivity index (χ1v) is 16.0. The molecule has 1 aliphatic carbocycles. The van der Waals surface area contributed by atoms with E-state index in [0.29, 0.717) is 35.0 Å². The number of alkyl carbamates (subject to hydrolysis) is 1. The van der Waals surface area contributed by atoms with Gasteiger partial charge in [-0.1, -0.05) is 93.4 Å². The van der Waals surface area contributed by atoms with Gasteiger partial charge in [0.1, 0.15) is 12.1 Å². The van der Waals surface area contributed by atoms with E-state index in [9.17, 15) is 24.3 Å². The molecule has 11 heteroatoms. The Morgan fingerprint density at radius 3 is 2.32 bits per heavy atom. The third-order valence-corrected chi connectivity index (χ3v) is 9.31. The summed E-state index contributed by atoms with van der Waals surface area (Å²) in [5, 5.41) is 18.9. The Morgan fingerprint density at radius 2 is 1.70 bits per heavy atom. The van der Waals surface area contributed by atoms with Crippen LogP contribution < -0.4 is 16.0 Å². The Hall–Kier alpha value is -3.30. The highest BCUT2D eigenvalue weighted by Crippen LogP contribution is 2.41. The zero-order valence-corrected chi connectivity index (χ0v) is 26.6. The number of carbonyl (C=O) groups excluding carboxylic acids is 3. The van der Waals surface area contributed by atoms with Crippen LogP contribution in [-0.2, 0) is 24.5 Å². The molecule has 1 saturated heterocycles. The van der Waals surface area contributed by atoms with E-state index in [1.807, 2.05) is 32.0 Å². The van der Waals surface area contributed by atoms with E-state index < -0.39 is 53.9 Å². The number of hydrogen-bond donors (Lipinski definition) is 4. The summed E-state index contributed by atoms with van der Waals surface area (Å²) >= 11 is 12.5. The molecule has 0 spiro atoms. The molecule has 44 heavy (non-hydrogen) atoms. The maximum atomic E-state index is 13.7. The standard InChI is InChI=1S/C33H41Cl2N3O6/c1-33(2,22-9-6-10-24(35)18-22)29(21-11-13-23(34)14-12-21)44-32(43)38-27(17-20-7-4-3-5-8-20)31(42)37-26(19-28(39)40)25-15-16-36-30(25)41/h6,9-14,18,20,25-27,29H,3-5,7-8,15-17,19H2,1-2H3,(H,36,41)(H,37,42)(H,38,43)(H,39,40)/t25-,26?,27-,29?/m0/s1. The molecule has 2 unspecified atom stereocenters. The molecule has 1 heterocycles. The number of carboxylic acids is 1. The van der Waals surface area contributed by atoms with Gasteiger partial charge in [-0.15, -0.1) is 0 Å². The predicted octanol–water partition coefficient (Wildman–Crippen LogP) is 6.17. The molecule has 2 aromatic rings. The monoisotopic (exact) mass is 645 g/mol. The lowest BCUT2D eigenvalue weighted by Crippen LogP contribution is -2.53. The maximum absolute atomic E-state index is 13.7. The Morgan fingerprint density at radius 1 is 1.00 bits per heavy atom. The molecule has 238 valence electrons. The van der Waals surface area contributed by atoms with Crippen LogP contribution in [0, 0.1) is 11.8 Å². The highest BCUT2D eigenvalue weighted by atomic mass is 35.5. The van der Waals surface area contributed by atoms with E-state index in [4.69, 9.17) is 27.9 Å². The fourth-order valence-corrected chi connectivity index (χ4v) is 6.66. The largest absolute Gasteiger partial charge is 0.481 e. The summed E-state index contributed by atoms with van der Waals surface area (Å²) < 4.78 is 6.12. The van der Waals surface area contributed by atoms with E-state index in [1.54, 1.807) is 30.3 Å². The first-order valence-electron chi connectivity index (χ1n) is 15.2. The Balaban J connectivity index is 1.58. The van der Waals surface area contributed by atoms with Crippen molar-refractivity contribution in [1.29, 1.82) is 0 Å². The molecule has 2 fully saturated rings. The first kappa shape index (κ1) is 33.6. The quantitative estimate of drug-likeness (QED) is 0.218. The number of halogens is 2. The molecule has 4 rings (SSSR count). The molecule has 9 nitrogen and oxygen atoms in total. The van der Waals surface area contributed by atoms with Crippen molar-refractivity contribution in [2.24, 2.45) is 11.8 Å². The van der Waals surface area contributed by atoms with Gasteiger partial charge in [-0.05, 0) is 54.2 Å². The topological polar surface area (TPSA) is 134 Å². The molecule has 4 N–H and O–H groups in total. The third-order valence-electron chi connectivity index (χ3n) is 8.82. The number of amides is 3. The molecule has 0 aromatic heterocycles. The highest BCUT2D eigenvalue weighted by Gasteiger charge is 2.39. The van der Waals surface area contributed by atoms with E-state index in [-0.39, 0.29) is 11.8 Å². The summed E-state index contributed by atoms with van der Waals surface area (Å²) in [4.78, 5) is 51.4. The number of rotatable bonds is 12. The van der Waals surface area contributed by atoms with Crippen LogP contribution in [-0.4, -0.2) is 47.6 Å². The van der Waals surface area contributed by atoms with E-state index >= 15 is 0 Å². The fourth-order valence-electron chi connectivity index (χ4n) is 6.34. The molecular formula is C33H41Cl2N3O6. The average Bonchev–Trinajstić information content (AvgIpc) is 3.41. The fraction of sp³-hybridized carbons (Fsp3) is 0.515. The first-order chi connectivity index (χ1) is 20.9. The van der Waals surface area contributed by atoms with Crippen LogP contribution >= 0.6 is 23.2 Å². The van der Waals surface area contributed by atoms with Gasteiger partial charge in [0.15, 0.2) is 0 Å². The molecule has 0 bridgehead atoms. The number of nitrogens with one attached hydrogen (secondary N) is 3. The second-order valence-electron chi connectivity index (χ2n) is 12.4. The minimum atomic E-state index is -1.12. The molecule has 4 atom stereocenters. The van der Waals surface area contributed by atoms with Crippen LogP contribution in [0.1, 0.15) is 82.4 Å². The van der Waals surface area contributed by atoms with Gasteiger partial charge in [0.05, 0.1) is 18.4 Å². The van der Waals surface area contributed by atoms with Crippen molar-refractivity contribution >= 4 is 47.1 Å². The van der Waals surface area contributed by atoms with Gasteiger partial charge in [0.2, 0.25) is 11.8 Å². The van der Waals surface area contributed by atoms with Crippen molar-refractivity contribution in [2.45, 2.75) is 88.8 Å². The van der Waals surface area contributed by atoms with Crippen molar-refractivity contribution in [2.75, 3.05) is 6.54 Å². The Bertz CT molecular complexity index is 1330. The van der Waals surface area contributed by atoms with Crippen molar-refractivity contribution in [3.8, 4) is 0 Å². The van der Waals surface area contributed by atoms with Crippen LogP contribution in [0.15, 0.2) is 48.5 Å². The summed E-state index contributed by atoms with van der Waals surface area (Å²) in [5.41, 5.74) is 0.816. The lowest BCUT2D eigenvalue weighted by Gasteiger charge is -2.35. The van der Waals surface area contributed by atoms with Gasteiger partial charge in [-0.25, -0.2) is 4.79 Å². The number of benzene rings is 2. The minimum Gasteiger partial charge on any atom is -0.481 e. The van der Waals surface area contributed by atoms with Crippen molar-refractivity contribution in [3.05, 3.63) is 69.7 Å². The van der Waals surface area contributed by atoms with Crippen LogP contribution in [0.5, 0.6) is 0 Å². The summed E-state index contributed by atoms with van der Waals surface area (Å²) in [7, 11) is 0. The second-order valence-corrected chi connectivity index (χ2v) is 13.3. The molecule has 2 aromatic carbocycles. The number of hydrogen-bond acceptors (Lipinski definition) is 5. The van der Waals surface area contributed by atoms with Gasteiger partial charge >= 0.3 is 12.1 Å². The number of ether oxygens (including phenoxy) is 1. The molecule has 1 aliphatic heterocycles. The van der Waals surface area contributed by atoms with E-state index in [0.717, 1.165) is 37.7 Å². The maximum Gasteiger partial charge on any atom is 0.408 e. The number of carboxylic acid groups (broad SMARTS) is 1. The van der Waals surface area contributed by atoms with Gasteiger partial charge in [-0.2, -0.15) is 0 Å². The van der Waals surface area contributed by atoms with E-state index in [1.165, 1.54) is 0 Å². The Kier molecular flexibility index (Phi) is 11.5. The van der Waals surface area contributed by atoms with Crippen LogP contribution in [0.25, 0.3) is 0 Å². The lowest BCUT2D eigenvalue weighted by atomic mass is 9.76. The minimum absolute atomic E-state index is 0.211. The van der Waals surface area contributed by atoms with Gasteiger partial charge < -0.3 is 25.8 Å². The van der Waals surface area contributed by atoms with Gasteiger partial charge in [0, 0.05) is 22.0 Å². The molecular weight excluding hydrogens is 605 g/mol. The predicted molar refractivity (Wildman–Crippen MR) is 169 cm³/mol. The number of carbonyl (C=O) groups is 4. The summed E-state index contributed by atoms with van der Waals surface area (Å²) in [6.07, 6.45) is 3.89. The van der Waals surface area contributed by atoms with Crippen LogP contribution in [0.2, 0.25) is 10.0 Å². The lowest BCUT2D eigenvalue weighted by molar-refractivity contribution is -0.138.